The molecule has 0 saturated heterocycles. The van der Waals surface area contributed by atoms with Crippen LogP contribution >= 0.6 is 0 Å². The number of carbonyl (C=O) groups excluding carboxylic acids is 2. The SMILES string of the molecule is CCOC(=O)C1=C(C)OC23COc4cc(C)ccc4N2C(C)=C(C(=O)OCC)c2cccc1c23. The highest BCUT2D eigenvalue weighted by Crippen LogP contribution is 2.56. The zero-order chi connectivity index (χ0) is 24.2. The Morgan fingerprint density at radius 1 is 0.971 bits per heavy atom. The Balaban J connectivity index is 1.85. The summed E-state index contributed by atoms with van der Waals surface area (Å²) in [4.78, 5) is 28.2. The molecule has 0 aliphatic carbocycles. The number of benzene rings is 2. The Bertz CT molecular complexity index is 1290. The van der Waals surface area contributed by atoms with Gasteiger partial charge in [-0.15, -0.1) is 0 Å². The van der Waals surface area contributed by atoms with E-state index in [9.17, 15) is 9.59 Å². The summed E-state index contributed by atoms with van der Waals surface area (Å²) in [5.41, 5.74) is 4.27. The van der Waals surface area contributed by atoms with Crippen LogP contribution in [0, 0.1) is 6.92 Å². The summed E-state index contributed by atoms with van der Waals surface area (Å²) < 4.78 is 23.7. The van der Waals surface area contributed by atoms with Gasteiger partial charge in [-0.3, -0.25) is 4.90 Å². The second kappa shape index (κ2) is 7.94. The molecule has 0 radical (unpaired) electrons. The third-order valence-electron chi connectivity index (χ3n) is 6.46. The molecule has 1 unspecified atom stereocenters. The van der Waals surface area contributed by atoms with Gasteiger partial charge in [-0.2, -0.15) is 0 Å². The molecule has 0 aromatic heterocycles. The molecule has 5 rings (SSSR count). The van der Waals surface area contributed by atoms with Crippen molar-refractivity contribution in [2.24, 2.45) is 0 Å². The van der Waals surface area contributed by atoms with Crippen molar-refractivity contribution in [1.82, 2.24) is 0 Å². The molecule has 1 spiro atoms. The Labute approximate surface area is 198 Å². The third kappa shape index (κ3) is 2.96. The predicted molar refractivity (Wildman–Crippen MR) is 127 cm³/mol. The summed E-state index contributed by atoms with van der Waals surface area (Å²) in [6.07, 6.45) is 0. The molecular weight excluding hydrogens is 434 g/mol. The highest BCUT2D eigenvalue weighted by Gasteiger charge is 2.56. The van der Waals surface area contributed by atoms with E-state index >= 15 is 0 Å². The van der Waals surface area contributed by atoms with E-state index in [2.05, 4.69) is 0 Å². The normalized spacial score (nSPS) is 20.0. The van der Waals surface area contributed by atoms with Crippen LogP contribution in [0.15, 0.2) is 47.9 Å². The number of carbonyl (C=O) groups is 2. The molecule has 2 aromatic rings. The van der Waals surface area contributed by atoms with E-state index in [1.165, 1.54) is 0 Å². The molecule has 7 heteroatoms. The molecule has 1 atom stereocenters. The Hall–Kier alpha value is -3.74. The van der Waals surface area contributed by atoms with E-state index in [4.69, 9.17) is 18.9 Å². The van der Waals surface area contributed by atoms with Gasteiger partial charge in [-0.1, -0.05) is 24.3 Å². The van der Waals surface area contributed by atoms with Crippen LogP contribution in [-0.4, -0.2) is 31.8 Å². The summed E-state index contributed by atoms with van der Waals surface area (Å²) in [6, 6.07) is 11.5. The highest BCUT2D eigenvalue weighted by molar-refractivity contribution is 6.22. The summed E-state index contributed by atoms with van der Waals surface area (Å²) >= 11 is 0. The van der Waals surface area contributed by atoms with Crippen molar-refractivity contribution >= 4 is 28.8 Å². The number of anilines is 1. The van der Waals surface area contributed by atoms with Crippen LogP contribution < -0.4 is 9.64 Å². The van der Waals surface area contributed by atoms with Crippen molar-refractivity contribution in [1.29, 1.82) is 0 Å². The summed E-state index contributed by atoms with van der Waals surface area (Å²) in [5.74, 6) is 0.257. The van der Waals surface area contributed by atoms with Crippen LogP contribution in [0.1, 0.15) is 49.9 Å². The van der Waals surface area contributed by atoms with E-state index in [1.807, 2.05) is 55.1 Å². The monoisotopic (exact) mass is 461 g/mol. The fourth-order valence-electron chi connectivity index (χ4n) is 5.23. The minimum atomic E-state index is -1.09. The van der Waals surface area contributed by atoms with Crippen molar-refractivity contribution in [2.45, 2.75) is 40.3 Å². The van der Waals surface area contributed by atoms with Crippen molar-refractivity contribution < 1.29 is 28.5 Å². The van der Waals surface area contributed by atoms with Gasteiger partial charge in [0.1, 0.15) is 17.1 Å². The zero-order valence-corrected chi connectivity index (χ0v) is 20.0. The van der Waals surface area contributed by atoms with Gasteiger partial charge in [-0.05, 0) is 52.3 Å². The molecule has 176 valence electrons. The van der Waals surface area contributed by atoms with Gasteiger partial charge in [-0.25, -0.2) is 9.59 Å². The largest absolute Gasteiger partial charge is 0.485 e. The molecule has 34 heavy (non-hydrogen) atoms. The standard InChI is InChI=1S/C27H27NO6/c1-6-31-25(29)22-16(4)28-20-12-11-15(3)13-21(20)33-14-27(28)24-18(22)9-8-10-19(24)23(17(5)34-27)26(30)32-7-2/h8-13H,6-7,14H2,1-5H3. The minimum absolute atomic E-state index is 0.175. The quantitative estimate of drug-likeness (QED) is 0.612. The van der Waals surface area contributed by atoms with E-state index in [-0.39, 0.29) is 19.8 Å². The molecule has 0 bridgehead atoms. The number of rotatable bonds is 4. The fraction of sp³-hybridized carbons (Fsp3) is 0.333. The number of allylic oxidation sites excluding steroid dienone is 2. The first-order chi connectivity index (χ1) is 16.3. The number of fused-ring (bicyclic) bond motifs is 2. The lowest BCUT2D eigenvalue weighted by Crippen LogP contribution is -2.58. The smallest absolute Gasteiger partial charge is 0.342 e. The molecule has 0 saturated carbocycles. The van der Waals surface area contributed by atoms with Crippen molar-refractivity contribution in [3.8, 4) is 5.75 Å². The summed E-state index contributed by atoms with van der Waals surface area (Å²) in [6.45, 7) is 9.86. The predicted octanol–water partition coefficient (Wildman–Crippen LogP) is 4.68. The van der Waals surface area contributed by atoms with Gasteiger partial charge in [0.05, 0.1) is 24.5 Å². The first kappa shape index (κ1) is 22.1. The zero-order valence-electron chi connectivity index (χ0n) is 20.0. The van der Waals surface area contributed by atoms with Crippen molar-refractivity contribution in [2.75, 3.05) is 24.7 Å². The van der Waals surface area contributed by atoms with Crippen LogP contribution in [0.4, 0.5) is 5.69 Å². The van der Waals surface area contributed by atoms with Gasteiger partial charge >= 0.3 is 11.9 Å². The lowest BCUT2D eigenvalue weighted by Gasteiger charge is -2.53. The van der Waals surface area contributed by atoms with Gasteiger partial charge in [0.15, 0.2) is 6.61 Å². The van der Waals surface area contributed by atoms with Crippen LogP contribution in [0.3, 0.4) is 0 Å². The third-order valence-corrected chi connectivity index (χ3v) is 6.46. The molecular formula is C27H27NO6. The van der Waals surface area contributed by atoms with Crippen molar-refractivity contribution in [3.05, 3.63) is 70.1 Å². The highest BCUT2D eigenvalue weighted by atomic mass is 16.6. The molecule has 0 N–H and O–H groups in total. The van der Waals surface area contributed by atoms with Gasteiger partial charge < -0.3 is 18.9 Å². The first-order valence-electron chi connectivity index (χ1n) is 11.5. The first-order valence-corrected chi connectivity index (χ1v) is 11.5. The maximum absolute atomic E-state index is 13.2. The topological polar surface area (TPSA) is 74.3 Å². The van der Waals surface area contributed by atoms with E-state index < -0.39 is 17.7 Å². The van der Waals surface area contributed by atoms with E-state index in [1.54, 1.807) is 20.8 Å². The van der Waals surface area contributed by atoms with Crippen LogP contribution in [0.5, 0.6) is 5.75 Å². The average Bonchev–Trinajstić information content (AvgIpc) is 2.79. The second-order valence-electron chi connectivity index (χ2n) is 8.54. The maximum Gasteiger partial charge on any atom is 0.342 e. The minimum Gasteiger partial charge on any atom is -0.485 e. The number of ether oxygens (including phenoxy) is 4. The lowest BCUT2D eigenvalue weighted by molar-refractivity contribution is -0.137. The molecule has 3 aliphatic rings. The molecule has 2 aromatic carbocycles. The van der Waals surface area contributed by atoms with Gasteiger partial charge in [0.25, 0.3) is 0 Å². The molecule has 3 aliphatic heterocycles. The fourth-order valence-corrected chi connectivity index (χ4v) is 5.23. The van der Waals surface area contributed by atoms with E-state index in [0.717, 1.165) is 11.3 Å². The summed E-state index contributed by atoms with van der Waals surface area (Å²) in [7, 11) is 0. The van der Waals surface area contributed by atoms with Crippen LogP contribution in [0.2, 0.25) is 0 Å². The molecule has 0 fully saturated rings. The lowest BCUT2D eigenvalue weighted by atomic mass is 9.78. The second-order valence-corrected chi connectivity index (χ2v) is 8.54. The molecule has 0 amide bonds. The molecule has 7 nitrogen and oxygen atoms in total. The van der Waals surface area contributed by atoms with Gasteiger partial charge in [0, 0.05) is 22.4 Å². The Morgan fingerprint density at radius 3 is 2.29 bits per heavy atom. The van der Waals surface area contributed by atoms with E-state index in [0.29, 0.717) is 45.0 Å². The van der Waals surface area contributed by atoms with Gasteiger partial charge in [0.2, 0.25) is 5.72 Å². The maximum atomic E-state index is 13.2. The number of hydrogen-bond acceptors (Lipinski definition) is 7. The van der Waals surface area contributed by atoms with Crippen LogP contribution in [0.25, 0.3) is 11.1 Å². The Kier molecular flexibility index (Phi) is 5.15. The summed E-state index contributed by atoms with van der Waals surface area (Å²) in [5, 5.41) is 0. The number of aryl methyl sites for hydroxylation is 1. The molecule has 3 heterocycles. The van der Waals surface area contributed by atoms with Crippen LogP contribution in [-0.2, 0) is 29.5 Å². The average molecular weight is 462 g/mol. The number of hydrogen-bond donors (Lipinski definition) is 0. The number of esters is 2. The van der Waals surface area contributed by atoms with Crippen molar-refractivity contribution in [3.63, 3.8) is 0 Å². The Morgan fingerprint density at radius 2 is 1.62 bits per heavy atom. The number of nitrogens with zero attached hydrogens (tertiary/aromatic N) is 1.